The van der Waals surface area contributed by atoms with Crippen molar-refractivity contribution in [1.82, 2.24) is 25.3 Å². The van der Waals surface area contributed by atoms with Crippen LogP contribution < -0.4 is 10.6 Å². The van der Waals surface area contributed by atoms with Gasteiger partial charge in [-0.05, 0) is 54.1 Å². The average molecular weight is 555 g/mol. The molecule has 0 aromatic rings. The topological polar surface area (TPSA) is 72.4 Å². The van der Waals surface area contributed by atoms with Gasteiger partial charge in [0.1, 0.15) is 5.60 Å². The summed E-state index contributed by atoms with van der Waals surface area (Å²) in [4.78, 5) is 24.0. The Labute approximate surface area is 207 Å². The fourth-order valence-electron chi connectivity index (χ4n) is 3.43. The van der Waals surface area contributed by atoms with E-state index in [0.717, 1.165) is 51.6 Å². The second-order valence-corrected chi connectivity index (χ2v) is 9.80. The number of carbonyl (C=O) groups is 1. The van der Waals surface area contributed by atoms with Gasteiger partial charge in [0.05, 0.1) is 6.54 Å². The van der Waals surface area contributed by atoms with Crippen LogP contribution in [0.1, 0.15) is 48.0 Å². The van der Waals surface area contributed by atoms with Crippen molar-refractivity contribution in [2.24, 2.45) is 10.9 Å². The summed E-state index contributed by atoms with van der Waals surface area (Å²) in [5, 5.41) is 6.44. The van der Waals surface area contributed by atoms with Gasteiger partial charge in [-0.25, -0.2) is 4.79 Å². The number of aliphatic imine (C=N–C) groups is 1. The van der Waals surface area contributed by atoms with E-state index in [0.29, 0.717) is 12.0 Å². The molecule has 2 atom stereocenters. The minimum absolute atomic E-state index is 0. The molecule has 1 aliphatic heterocycles. The minimum Gasteiger partial charge on any atom is -0.444 e. The molecule has 0 spiro atoms. The number of hydrogen-bond donors (Lipinski definition) is 2. The fourth-order valence-corrected chi connectivity index (χ4v) is 3.43. The molecular weight excluding hydrogens is 507 g/mol. The summed E-state index contributed by atoms with van der Waals surface area (Å²) >= 11 is 0. The van der Waals surface area contributed by atoms with Gasteiger partial charge >= 0.3 is 6.09 Å². The van der Waals surface area contributed by atoms with E-state index in [-0.39, 0.29) is 36.1 Å². The first kappa shape index (κ1) is 30.2. The lowest BCUT2D eigenvalue weighted by Crippen LogP contribution is -2.52. The summed E-state index contributed by atoms with van der Waals surface area (Å²) in [6, 6.07) is 0.478. The van der Waals surface area contributed by atoms with Crippen LogP contribution in [0.2, 0.25) is 0 Å². The molecule has 0 aliphatic carbocycles. The number of ether oxygens (including phenoxy) is 1. The van der Waals surface area contributed by atoms with E-state index in [2.05, 4.69) is 67.2 Å². The SMILES string of the molecule is CCNC(=NCC1CN(C)CCN1C)N(C)CCC(NC(=O)OC(C)(C)C)C(C)C.I. The molecule has 0 radical (unpaired) electrons. The number of likely N-dealkylation sites (N-methyl/N-ethyl adjacent to an activating group) is 2. The number of hydrogen-bond acceptors (Lipinski definition) is 5. The Bertz CT molecular complexity index is 553. The second kappa shape index (κ2) is 14.4. The second-order valence-electron chi connectivity index (χ2n) is 9.80. The van der Waals surface area contributed by atoms with Crippen LogP contribution in [0, 0.1) is 5.92 Å². The molecule has 184 valence electrons. The van der Waals surface area contributed by atoms with E-state index < -0.39 is 5.60 Å². The zero-order chi connectivity index (χ0) is 22.9. The van der Waals surface area contributed by atoms with Gasteiger partial charge in [0.2, 0.25) is 0 Å². The predicted molar refractivity (Wildman–Crippen MR) is 141 cm³/mol. The molecule has 2 unspecified atom stereocenters. The first-order chi connectivity index (χ1) is 13.9. The van der Waals surface area contributed by atoms with Gasteiger partial charge in [0, 0.05) is 51.9 Å². The van der Waals surface area contributed by atoms with Gasteiger partial charge in [-0.1, -0.05) is 13.8 Å². The largest absolute Gasteiger partial charge is 0.444 e. The van der Waals surface area contributed by atoms with Crippen LogP contribution in [0.5, 0.6) is 0 Å². The van der Waals surface area contributed by atoms with Gasteiger partial charge in [-0.15, -0.1) is 24.0 Å². The summed E-state index contributed by atoms with van der Waals surface area (Å²) in [6.07, 6.45) is 0.470. The van der Waals surface area contributed by atoms with E-state index in [1.54, 1.807) is 0 Å². The molecule has 1 aliphatic rings. The zero-order valence-corrected chi connectivity index (χ0v) is 23.5. The molecule has 1 fully saturated rings. The number of rotatable bonds is 8. The van der Waals surface area contributed by atoms with Crippen LogP contribution in [0.4, 0.5) is 4.79 Å². The van der Waals surface area contributed by atoms with E-state index in [4.69, 9.17) is 9.73 Å². The van der Waals surface area contributed by atoms with Crippen LogP contribution in [-0.2, 0) is 4.74 Å². The van der Waals surface area contributed by atoms with Crippen molar-refractivity contribution in [2.45, 2.75) is 65.6 Å². The number of halogens is 1. The quantitative estimate of drug-likeness (QED) is 0.273. The Morgan fingerprint density at radius 1 is 1.26 bits per heavy atom. The Balaban J connectivity index is 0.00000900. The zero-order valence-electron chi connectivity index (χ0n) is 21.2. The number of nitrogens with one attached hydrogen (secondary N) is 2. The Hall–Kier alpha value is -0.810. The van der Waals surface area contributed by atoms with Crippen LogP contribution >= 0.6 is 24.0 Å². The van der Waals surface area contributed by atoms with Crippen LogP contribution in [-0.4, -0.2) is 105 Å². The molecule has 0 aromatic carbocycles. The first-order valence-electron chi connectivity index (χ1n) is 11.3. The number of carbonyl (C=O) groups excluding carboxylic acids is 1. The van der Waals surface area contributed by atoms with Crippen molar-refractivity contribution in [1.29, 1.82) is 0 Å². The molecule has 0 aromatic heterocycles. The highest BCUT2D eigenvalue weighted by Gasteiger charge is 2.23. The van der Waals surface area contributed by atoms with Gasteiger partial charge in [-0.2, -0.15) is 0 Å². The van der Waals surface area contributed by atoms with E-state index >= 15 is 0 Å². The van der Waals surface area contributed by atoms with Crippen molar-refractivity contribution in [3.05, 3.63) is 0 Å². The van der Waals surface area contributed by atoms with E-state index in [1.807, 2.05) is 20.8 Å². The van der Waals surface area contributed by atoms with Gasteiger partial charge in [-0.3, -0.25) is 9.89 Å². The Morgan fingerprint density at radius 3 is 2.45 bits per heavy atom. The normalized spacial score (nSPS) is 19.5. The lowest BCUT2D eigenvalue weighted by molar-refractivity contribution is 0.0486. The molecule has 31 heavy (non-hydrogen) atoms. The van der Waals surface area contributed by atoms with Gasteiger partial charge in [0.25, 0.3) is 0 Å². The van der Waals surface area contributed by atoms with Gasteiger partial charge in [0.15, 0.2) is 5.96 Å². The molecule has 1 rings (SSSR count). The molecule has 0 bridgehead atoms. The molecule has 2 N–H and O–H groups in total. The molecular formula is C22H47IN6O2. The third-order valence-corrected chi connectivity index (χ3v) is 5.41. The number of guanidine groups is 1. The van der Waals surface area contributed by atoms with Crippen molar-refractivity contribution in [3.8, 4) is 0 Å². The number of nitrogens with zero attached hydrogens (tertiary/aromatic N) is 4. The standard InChI is InChI=1S/C22H46N6O2.HI/c1-10-23-20(24-15-18-16-26(7)13-14-27(18)8)28(9)12-11-19(17(2)3)25-21(29)30-22(4,5)6;/h17-19H,10-16H2,1-9H3,(H,23,24)(H,25,29);1H. The van der Waals surface area contributed by atoms with Crippen molar-refractivity contribution in [2.75, 3.05) is 60.4 Å². The average Bonchev–Trinajstić information content (AvgIpc) is 2.62. The smallest absolute Gasteiger partial charge is 0.407 e. The molecule has 8 nitrogen and oxygen atoms in total. The summed E-state index contributed by atoms with van der Waals surface area (Å²) in [5.74, 6) is 1.23. The lowest BCUT2D eigenvalue weighted by atomic mass is 10.0. The first-order valence-corrected chi connectivity index (χ1v) is 11.3. The maximum absolute atomic E-state index is 12.2. The van der Waals surface area contributed by atoms with Crippen molar-refractivity contribution in [3.63, 3.8) is 0 Å². The number of alkyl carbamates (subject to hydrolysis) is 1. The lowest BCUT2D eigenvalue weighted by Gasteiger charge is -2.37. The van der Waals surface area contributed by atoms with Crippen LogP contribution in [0.3, 0.4) is 0 Å². The molecule has 1 heterocycles. The number of amides is 1. The third-order valence-electron chi connectivity index (χ3n) is 5.41. The Kier molecular flexibility index (Phi) is 14.0. The van der Waals surface area contributed by atoms with Crippen LogP contribution in [0.15, 0.2) is 4.99 Å². The molecule has 0 saturated carbocycles. The maximum Gasteiger partial charge on any atom is 0.407 e. The molecule has 9 heteroatoms. The van der Waals surface area contributed by atoms with Crippen molar-refractivity contribution < 1.29 is 9.53 Å². The predicted octanol–water partition coefficient (Wildman–Crippen LogP) is 2.69. The highest BCUT2D eigenvalue weighted by Crippen LogP contribution is 2.11. The minimum atomic E-state index is -0.492. The molecule has 1 saturated heterocycles. The third kappa shape index (κ3) is 12.1. The summed E-state index contributed by atoms with van der Waals surface area (Å²) in [6.45, 7) is 17.6. The highest BCUT2D eigenvalue weighted by atomic mass is 127. The maximum atomic E-state index is 12.2. The van der Waals surface area contributed by atoms with E-state index in [9.17, 15) is 4.79 Å². The fraction of sp³-hybridized carbons (Fsp3) is 0.909. The highest BCUT2D eigenvalue weighted by molar-refractivity contribution is 14.0. The van der Waals surface area contributed by atoms with Crippen molar-refractivity contribution >= 4 is 36.0 Å². The monoisotopic (exact) mass is 554 g/mol. The molecule has 1 amide bonds. The number of piperazine rings is 1. The summed E-state index contributed by atoms with van der Waals surface area (Å²) in [7, 11) is 6.41. The summed E-state index contributed by atoms with van der Waals surface area (Å²) in [5.41, 5.74) is -0.492. The summed E-state index contributed by atoms with van der Waals surface area (Å²) < 4.78 is 5.43. The van der Waals surface area contributed by atoms with Crippen LogP contribution in [0.25, 0.3) is 0 Å². The van der Waals surface area contributed by atoms with Gasteiger partial charge < -0.3 is 25.2 Å². The van der Waals surface area contributed by atoms with E-state index in [1.165, 1.54) is 0 Å². The Morgan fingerprint density at radius 2 is 1.90 bits per heavy atom.